The van der Waals surface area contributed by atoms with Gasteiger partial charge in [0.2, 0.25) is 0 Å². The van der Waals surface area contributed by atoms with Crippen molar-refractivity contribution in [3.05, 3.63) is 59.2 Å². The zero-order valence-electron chi connectivity index (χ0n) is 11.2. The fourth-order valence-corrected chi connectivity index (χ4v) is 1.69. The third-order valence-corrected chi connectivity index (χ3v) is 2.82. The summed E-state index contributed by atoms with van der Waals surface area (Å²) in [5, 5.41) is 0. The summed E-state index contributed by atoms with van der Waals surface area (Å²) in [6, 6.07) is 7.83. The van der Waals surface area contributed by atoms with E-state index in [0.717, 1.165) is 6.07 Å². The minimum absolute atomic E-state index is 0.0377. The molecule has 0 amide bonds. The maximum Gasteiger partial charge on any atom is 0.338 e. The van der Waals surface area contributed by atoms with Crippen LogP contribution in [0.1, 0.15) is 15.9 Å². The fraction of sp³-hybridized carbons (Fsp3) is 0.133. The van der Waals surface area contributed by atoms with E-state index >= 15 is 0 Å². The summed E-state index contributed by atoms with van der Waals surface area (Å²) in [7, 11) is 1.35. The summed E-state index contributed by atoms with van der Waals surface area (Å²) in [4.78, 5) is 11.7. The summed E-state index contributed by atoms with van der Waals surface area (Å²) in [5.41, 5.74) is 5.76. The van der Waals surface area contributed by atoms with Crippen LogP contribution < -0.4 is 10.5 Å². The lowest BCUT2D eigenvalue weighted by atomic mass is 10.2. The predicted octanol–water partition coefficient (Wildman–Crippen LogP) is 2.91. The molecule has 2 N–H and O–H groups in total. The van der Waals surface area contributed by atoms with Gasteiger partial charge in [0.25, 0.3) is 0 Å². The monoisotopic (exact) mass is 293 g/mol. The maximum atomic E-state index is 13.5. The van der Waals surface area contributed by atoms with Crippen molar-refractivity contribution in [1.29, 1.82) is 0 Å². The Bertz CT molecular complexity index is 674. The molecule has 0 aliphatic rings. The van der Waals surface area contributed by atoms with Gasteiger partial charge in [-0.2, -0.15) is 0 Å². The average Bonchev–Trinajstić information content (AvgIpc) is 2.47. The van der Waals surface area contributed by atoms with Crippen molar-refractivity contribution in [3.63, 3.8) is 0 Å². The lowest BCUT2D eigenvalue weighted by Crippen LogP contribution is -2.06. The second kappa shape index (κ2) is 6.21. The predicted molar refractivity (Wildman–Crippen MR) is 72.9 cm³/mol. The molecule has 0 saturated heterocycles. The molecule has 2 aromatic carbocycles. The Morgan fingerprint density at radius 1 is 1.14 bits per heavy atom. The number of nitrogen functional groups attached to an aromatic ring is 1. The van der Waals surface area contributed by atoms with E-state index in [4.69, 9.17) is 15.2 Å². The maximum absolute atomic E-state index is 13.5. The van der Waals surface area contributed by atoms with E-state index in [2.05, 4.69) is 0 Å². The van der Waals surface area contributed by atoms with Gasteiger partial charge in [-0.1, -0.05) is 6.07 Å². The average molecular weight is 293 g/mol. The number of ether oxygens (including phenoxy) is 2. The smallest absolute Gasteiger partial charge is 0.338 e. The molecule has 0 fully saturated rings. The van der Waals surface area contributed by atoms with Crippen LogP contribution in [0.5, 0.6) is 5.75 Å². The molecular weight excluding hydrogens is 280 g/mol. The molecule has 0 aliphatic heterocycles. The first-order chi connectivity index (χ1) is 10.0. The summed E-state index contributed by atoms with van der Waals surface area (Å²) in [6.07, 6.45) is 0. The molecular formula is C15H13F2NO3. The van der Waals surface area contributed by atoms with E-state index in [-0.39, 0.29) is 23.6 Å². The van der Waals surface area contributed by atoms with Crippen molar-refractivity contribution in [2.45, 2.75) is 6.61 Å². The molecule has 0 bridgehead atoms. The van der Waals surface area contributed by atoms with E-state index in [0.29, 0.717) is 5.56 Å². The summed E-state index contributed by atoms with van der Waals surface area (Å²) in [6.45, 7) is -0.133. The molecule has 0 spiro atoms. The standard InChI is InChI=1S/C15H13F2NO3/c1-20-14-5-2-9(6-12(14)17)8-21-15(19)10-3-4-13(18)11(16)7-10/h2-7H,8,18H2,1H3. The van der Waals surface area contributed by atoms with Crippen LogP contribution in [-0.4, -0.2) is 13.1 Å². The molecule has 6 heteroatoms. The zero-order chi connectivity index (χ0) is 15.4. The number of halogens is 2. The highest BCUT2D eigenvalue weighted by atomic mass is 19.1. The van der Waals surface area contributed by atoms with E-state index in [1.807, 2.05) is 0 Å². The lowest BCUT2D eigenvalue weighted by Gasteiger charge is -2.07. The lowest BCUT2D eigenvalue weighted by molar-refractivity contribution is 0.0472. The van der Waals surface area contributed by atoms with Crippen molar-refractivity contribution in [2.75, 3.05) is 12.8 Å². The number of anilines is 1. The van der Waals surface area contributed by atoms with Crippen LogP contribution in [-0.2, 0) is 11.3 Å². The van der Waals surface area contributed by atoms with Gasteiger partial charge in [0, 0.05) is 0 Å². The van der Waals surface area contributed by atoms with Crippen molar-refractivity contribution in [2.24, 2.45) is 0 Å². The molecule has 0 radical (unpaired) electrons. The van der Waals surface area contributed by atoms with Gasteiger partial charge in [0.1, 0.15) is 12.4 Å². The number of rotatable bonds is 4. The highest BCUT2D eigenvalue weighted by Gasteiger charge is 2.11. The Morgan fingerprint density at radius 2 is 1.90 bits per heavy atom. The number of carbonyl (C=O) groups is 1. The molecule has 21 heavy (non-hydrogen) atoms. The highest BCUT2D eigenvalue weighted by Crippen LogP contribution is 2.19. The molecule has 4 nitrogen and oxygen atoms in total. The largest absolute Gasteiger partial charge is 0.494 e. The molecule has 2 aromatic rings. The molecule has 0 saturated carbocycles. The Hall–Kier alpha value is -2.63. The number of nitrogens with two attached hydrogens (primary N) is 1. The van der Waals surface area contributed by atoms with Gasteiger partial charge in [0.05, 0.1) is 18.4 Å². The van der Waals surface area contributed by atoms with Crippen LogP contribution in [0.2, 0.25) is 0 Å². The van der Waals surface area contributed by atoms with Crippen LogP contribution in [0.3, 0.4) is 0 Å². The number of hydrogen-bond donors (Lipinski definition) is 1. The second-order valence-corrected chi connectivity index (χ2v) is 4.28. The molecule has 0 aromatic heterocycles. The minimum Gasteiger partial charge on any atom is -0.494 e. The number of hydrogen-bond acceptors (Lipinski definition) is 4. The van der Waals surface area contributed by atoms with Crippen LogP contribution in [0.25, 0.3) is 0 Å². The molecule has 0 unspecified atom stereocenters. The summed E-state index contributed by atoms with van der Waals surface area (Å²) < 4.78 is 36.5. The van der Waals surface area contributed by atoms with E-state index in [1.54, 1.807) is 6.07 Å². The minimum atomic E-state index is -0.717. The molecule has 0 aliphatic carbocycles. The van der Waals surface area contributed by atoms with Crippen LogP contribution >= 0.6 is 0 Å². The van der Waals surface area contributed by atoms with Gasteiger partial charge in [-0.25, -0.2) is 13.6 Å². The van der Waals surface area contributed by atoms with Gasteiger partial charge in [0.15, 0.2) is 11.6 Å². The Labute approximate surface area is 120 Å². The highest BCUT2D eigenvalue weighted by molar-refractivity contribution is 5.89. The first kappa shape index (κ1) is 14.8. The van der Waals surface area contributed by atoms with E-state index in [1.165, 1.54) is 31.4 Å². The van der Waals surface area contributed by atoms with Crippen molar-refractivity contribution >= 4 is 11.7 Å². The Morgan fingerprint density at radius 3 is 2.52 bits per heavy atom. The summed E-state index contributed by atoms with van der Waals surface area (Å²) in [5.74, 6) is -1.86. The van der Waals surface area contributed by atoms with E-state index < -0.39 is 17.6 Å². The van der Waals surface area contributed by atoms with Gasteiger partial charge in [-0.3, -0.25) is 0 Å². The number of carbonyl (C=O) groups excluding carboxylic acids is 1. The van der Waals surface area contributed by atoms with Gasteiger partial charge < -0.3 is 15.2 Å². The first-order valence-corrected chi connectivity index (χ1v) is 6.06. The van der Waals surface area contributed by atoms with Crippen molar-refractivity contribution in [3.8, 4) is 5.75 Å². The quantitative estimate of drug-likeness (QED) is 0.695. The normalized spacial score (nSPS) is 10.2. The van der Waals surface area contributed by atoms with Gasteiger partial charge >= 0.3 is 5.97 Å². The third-order valence-electron chi connectivity index (χ3n) is 2.82. The zero-order valence-corrected chi connectivity index (χ0v) is 11.2. The second-order valence-electron chi connectivity index (χ2n) is 4.28. The van der Waals surface area contributed by atoms with Gasteiger partial charge in [-0.05, 0) is 35.9 Å². The van der Waals surface area contributed by atoms with Crippen molar-refractivity contribution < 1.29 is 23.0 Å². The van der Waals surface area contributed by atoms with Crippen LogP contribution in [0, 0.1) is 11.6 Å². The topological polar surface area (TPSA) is 61.5 Å². The van der Waals surface area contributed by atoms with Crippen molar-refractivity contribution in [1.82, 2.24) is 0 Å². The molecule has 0 atom stereocenters. The number of methoxy groups -OCH3 is 1. The summed E-state index contributed by atoms with van der Waals surface area (Å²) >= 11 is 0. The Kier molecular flexibility index (Phi) is 4.37. The Balaban J connectivity index is 2.03. The first-order valence-electron chi connectivity index (χ1n) is 6.06. The third kappa shape index (κ3) is 3.47. The van der Waals surface area contributed by atoms with Gasteiger partial charge in [-0.15, -0.1) is 0 Å². The molecule has 2 rings (SSSR count). The molecule has 110 valence electrons. The van der Waals surface area contributed by atoms with E-state index in [9.17, 15) is 13.6 Å². The fourth-order valence-electron chi connectivity index (χ4n) is 1.69. The number of benzene rings is 2. The van der Waals surface area contributed by atoms with Crippen LogP contribution in [0.4, 0.5) is 14.5 Å². The SMILES string of the molecule is COc1ccc(COC(=O)c2ccc(N)c(F)c2)cc1F. The van der Waals surface area contributed by atoms with Crippen LogP contribution in [0.15, 0.2) is 36.4 Å². The number of esters is 1. The molecule has 0 heterocycles.